The Morgan fingerprint density at radius 3 is 2.76 bits per heavy atom. The van der Waals surface area contributed by atoms with Crippen LogP contribution in [0.5, 0.6) is 0 Å². The summed E-state index contributed by atoms with van der Waals surface area (Å²) in [6, 6.07) is 11.0. The zero-order valence-electron chi connectivity index (χ0n) is 12.1. The molecular formula is C15H19N3O3. The molecule has 21 heavy (non-hydrogen) atoms. The van der Waals surface area contributed by atoms with Crippen LogP contribution in [-0.2, 0) is 0 Å². The summed E-state index contributed by atoms with van der Waals surface area (Å²) in [5.74, 6) is 0.174. The summed E-state index contributed by atoms with van der Waals surface area (Å²) in [4.78, 5) is 13.8. The van der Waals surface area contributed by atoms with Crippen molar-refractivity contribution < 1.29 is 14.4 Å². The van der Waals surface area contributed by atoms with Gasteiger partial charge in [-0.05, 0) is 14.1 Å². The molecule has 2 N–H and O–H groups in total. The molecule has 1 heterocycles. The third kappa shape index (κ3) is 4.40. The van der Waals surface area contributed by atoms with Crippen LogP contribution in [0.3, 0.4) is 0 Å². The number of carbonyl (C=O) groups is 1. The number of likely N-dealkylation sites (N-methyl/N-ethyl adjacent to an activating group) is 1. The van der Waals surface area contributed by atoms with Gasteiger partial charge in [-0.3, -0.25) is 4.79 Å². The zero-order chi connectivity index (χ0) is 15.2. The second kappa shape index (κ2) is 7.01. The van der Waals surface area contributed by atoms with Crippen molar-refractivity contribution in [2.45, 2.75) is 6.10 Å². The first kappa shape index (κ1) is 15.2. The maximum absolute atomic E-state index is 11.9. The SMILES string of the molecule is CN(C)CC(O)CNC(=O)c1cc(-c2ccccc2)on1. The van der Waals surface area contributed by atoms with Crippen molar-refractivity contribution in [3.63, 3.8) is 0 Å². The van der Waals surface area contributed by atoms with Gasteiger partial charge in [0.1, 0.15) is 0 Å². The standard InChI is InChI=1S/C15H19N3O3/c1-18(2)10-12(19)9-16-15(20)13-8-14(21-17-13)11-6-4-3-5-7-11/h3-8,12,19H,9-10H2,1-2H3,(H,16,20). The van der Waals surface area contributed by atoms with E-state index in [1.165, 1.54) is 0 Å². The molecule has 0 bridgehead atoms. The molecular weight excluding hydrogens is 270 g/mol. The molecule has 0 radical (unpaired) electrons. The number of rotatable bonds is 6. The smallest absolute Gasteiger partial charge is 0.273 e. The van der Waals surface area contributed by atoms with Crippen LogP contribution >= 0.6 is 0 Å². The van der Waals surface area contributed by atoms with E-state index in [2.05, 4.69) is 10.5 Å². The van der Waals surface area contributed by atoms with Crippen LogP contribution in [0.25, 0.3) is 11.3 Å². The Hall–Kier alpha value is -2.18. The second-order valence-electron chi connectivity index (χ2n) is 5.07. The molecule has 0 spiro atoms. The summed E-state index contributed by atoms with van der Waals surface area (Å²) in [5.41, 5.74) is 1.06. The summed E-state index contributed by atoms with van der Waals surface area (Å²) >= 11 is 0. The summed E-state index contributed by atoms with van der Waals surface area (Å²) in [6.45, 7) is 0.652. The highest BCUT2D eigenvalue weighted by molar-refractivity contribution is 5.93. The van der Waals surface area contributed by atoms with Crippen molar-refractivity contribution in [1.29, 1.82) is 0 Å². The molecule has 1 aromatic heterocycles. The van der Waals surface area contributed by atoms with Crippen LogP contribution in [0.2, 0.25) is 0 Å². The first-order chi connectivity index (χ1) is 10.1. The normalized spacial score (nSPS) is 12.4. The average molecular weight is 289 g/mol. The highest BCUT2D eigenvalue weighted by Gasteiger charge is 2.15. The Morgan fingerprint density at radius 1 is 1.38 bits per heavy atom. The quantitative estimate of drug-likeness (QED) is 0.829. The van der Waals surface area contributed by atoms with Crippen molar-refractivity contribution in [1.82, 2.24) is 15.4 Å². The van der Waals surface area contributed by atoms with Crippen LogP contribution < -0.4 is 5.32 Å². The lowest BCUT2D eigenvalue weighted by molar-refractivity contribution is 0.0884. The number of nitrogens with zero attached hydrogens (tertiary/aromatic N) is 2. The van der Waals surface area contributed by atoms with E-state index in [-0.39, 0.29) is 18.1 Å². The Balaban J connectivity index is 1.93. The highest BCUT2D eigenvalue weighted by Crippen LogP contribution is 2.19. The topological polar surface area (TPSA) is 78.6 Å². The van der Waals surface area contributed by atoms with Crippen LogP contribution in [0.4, 0.5) is 0 Å². The predicted octanol–water partition coefficient (Wildman–Crippen LogP) is 0.994. The van der Waals surface area contributed by atoms with Gasteiger partial charge in [-0.15, -0.1) is 0 Å². The number of benzene rings is 1. The summed E-state index contributed by atoms with van der Waals surface area (Å²) in [5, 5.41) is 16.1. The average Bonchev–Trinajstić information content (AvgIpc) is 2.95. The molecule has 1 aromatic carbocycles. The van der Waals surface area contributed by atoms with E-state index >= 15 is 0 Å². The van der Waals surface area contributed by atoms with Gasteiger partial charge in [0, 0.05) is 24.7 Å². The van der Waals surface area contributed by atoms with Crippen molar-refractivity contribution in [3.8, 4) is 11.3 Å². The van der Waals surface area contributed by atoms with Gasteiger partial charge >= 0.3 is 0 Å². The molecule has 1 atom stereocenters. The number of amides is 1. The fourth-order valence-electron chi connectivity index (χ4n) is 1.91. The van der Waals surface area contributed by atoms with E-state index < -0.39 is 6.10 Å². The minimum Gasteiger partial charge on any atom is -0.390 e. The van der Waals surface area contributed by atoms with Gasteiger partial charge in [0.25, 0.3) is 5.91 Å². The predicted molar refractivity (Wildman–Crippen MR) is 78.8 cm³/mol. The van der Waals surface area contributed by atoms with E-state index in [1.807, 2.05) is 49.3 Å². The second-order valence-corrected chi connectivity index (χ2v) is 5.07. The monoisotopic (exact) mass is 289 g/mol. The minimum absolute atomic E-state index is 0.171. The van der Waals surface area contributed by atoms with Gasteiger partial charge in [0.05, 0.1) is 6.10 Å². The Morgan fingerprint density at radius 2 is 2.10 bits per heavy atom. The molecule has 2 rings (SSSR count). The zero-order valence-corrected chi connectivity index (χ0v) is 12.1. The summed E-state index contributed by atoms with van der Waals surface area (Å²) in [6.07, 6.45) is -0.621. The first-order valence-electron chi connectivity index (χ1n) is 6.69. The van der Waals surface area contributed by atoms with Crippen LogP contribution in [0.15, 0.2) is 40.9 Å². The number of hydrogen-bond acceptors (Lipinski definition) is 5. The van der Waals surface area contributed by atoms with Crippen LogP contribution in [0.1, 0.15) is 10.5 Å². The van der Waals surface area contributed by atoms with Gasteiger partial charge in [-0.25, -0.2) is 0 Å². The lowest BCUT2D eigenvalue weighted by Crippen LogP contribution is -2.37. The number of carbonyl (C=O) groups excluding carboxylic acids is 1. The van der Waals surface area contributed by atoms with Crippen molar-refractivity contribution in [2.24, 2.45) is 0 Å². The summed E-state index contributed by atoms with van der Waals surface area (Å²) in [7, 11) is 3.71. The molecule has 2 aromatic rings. The lowest BCUT2D eigenvalue weighted by atomic mass is 10.1. The fourth-order valence-corrected chi connectivity index (χ4v) is 1.91. The molecule has 0 fully saturated rings. The highest BCUT2D eigenvalue weighted by atomic mass is 16.5. The molecule has 1 amide bonds. The van der Waals surface area contributed by atoms with Crippen LogP contribution in [-0.4, -0.2) is 54.4 Å². The number of hydrogen-bond donors (Lipinski definition) is 2. The van der Waals surface area contributed by atoms with Gasteiger partial charge in [-0.1, -0.05) is 35.5 Å². The van der Waals surface area contributed by atoms with E-state index in [9.17, 15) is 9.90 Å². The van der Waals surface area contributed by atoms with E-state index in [1.54, 1.807) is 6.07 Å². The largest absolute Gasteiger partial charge is 0.390 e. The molecule has 6 heteroatoms. The van der Waals surface area contributed by atoms with Crippen LogP contribution in [0, 0.1) is 0 Å². The fraction of sp³-hybridized carbons (Fsp3) is 0.333. The van der Waals surface area contributed by atoms with Gasteiger partial charge in [0.15, 0.2) is 11.5 Å². The molecule has 1 unspecified atom stereocenters. The Bertz CT molecular complexity index is 581. The molecule has 0 aliphatic carbocycles. The number of aliphatic hydroxyl groups is 1. The molecule has 0 aliphatic rings. The Labute approximate surface area is 123 Å². The number of nitrogens with one attached hydrogen (secondary N) is 1. The molecule has 6 nitrogen and oxygen atoms in total. The summed E-state index contributed by atoms with van der Waals surface area (Å²) < 4.78 is 5.16. The molecule has 0 saturated heterocycles. The van der Waals surface area contributed by atoms with Crippen molar-refractivity contribution >= 4 is 5.91 Å². The lowest BCUT2D eigenvalue weighted by Gasteiger charge is -2.15. The van der Waals surface area contributed by atoms with E-state index in [0.29, 0.717) is 12.3 Å². The molecule has 112 valence electrons. The first-order valence-corrected chi connectivity index (χ1v) is 6.69. The van der Waals surface area contributed by atoms with Crippen molar-refractivity contribution in [2.75, 3.05) is 27.2 Å². The van der Waals surface area contributed by atoms with Gasteiger partial charge < -0.3 is 19.8 Å². The maximum Gasteiger partial charge on any atom is 0.273 e. The molecule has 0 aliphatic heterocycles. The number of aromatic nitrogens is 1. The van der Waals surface area contributed by atoms with E-state index in [0.717, 1.165) is 5.56 Å². The van der Waals surface area contributed by atoms with Crippen molar-refractivity contribution in [3.05, 3.63) is 42.1 Å². The third-order valence-corrected chi connectivity index (χ3v) is 2.88. The van der Waals surface area contributed by atoms with Gasteiger partial charge in [-0.2, -0.15) is 0 Å². The van der Waals surface area contributed by atoms with E-state index in [4.69, 9.17) is 4.52 Å². The maximum atomic E-state index is 11.9. The number of aliphatic hydroxyl groups excluding tert-OH is 1. The third-order valence-electron chi connectivity index (χ3n) is 2.88. The Kier molecular flexibility index (Phi) is 5.08. The van der Waals surface area contributed by atoms with Gasteiger partial charge in [0.2, 0.25) is 0 Å². The minimum atomic E-state index is -0.621. The molecule has 0 saturated carbocycles.